The molecule has 39 heavy (non-hydrogen) atoms. The molecule has 0 bridgehead atoms. The van der Waals surface area contributed by atoms with Gasteiger partial charge in [-0.05, 0) is 53.6 Å². The van der Waals surface area contributed by atoms with Gasteiger partial charge in [0.1, 0.15) is 11.6 Å². The lowest BCUT2D eigenvalue weighted by atomic mass is 10.2. The van der Waals surface area contributed by atoms with E-state index >= 15 is 0 Å². The first-order valence-corrected chi connectivity index (χ1v) is 12.1. The predicted octanol–water partition coefficient (Wildman–Crippen LogP) is 6.20. The van der Waals surface area contributed by atoms with Crippen molar-refractivity contribution < 1.29 is 14.0 Å². The Hall–Kier alpha value is -5.00. The molecule has 3 amide bonds. The highest BCUT2D eigenvalue weighted by molar-refractivity contribution is 6.31. The van der Waals surface area contributed by atoms with Crippen molar-refractivity contribution in [3.63, 3.8) is 0 Å². The summed E-state index contributed by atoms with van der Waals surface area (Å²) in [5.74, 6) is 1.02. The van der Waals surface area contributed by atoms with Crippen LogP contribution in [0.4, 0.5) is 20.7 Å². The molecule has 0 atom stereocenters. The minimum Gasteiger partial charge on any atom is -0.304 e. The van der Waals surface area contributed by atoms with E-state index in [1.54, 1.807) is 23.2 Å². The fourth-order valence-corrected chi connectivity index (χ4v) is 3.78. The highest BCUT2D eigenvalue weighted by atomic mass is 35.5. The SMILES string of the molecule is C#Cc1ccc(N(C(=O)Nc2ccc(C=NN(C)Cc3ccccc3)cc2F)C(=O)c2cccc(Cl)c2)nc1. The number of aromatic nitrogens is 1. The topological polar surface area (TPSA) is 77.9 Å². The van der Waals surface area contributed by atoms with Crippen LogP contribution in [0.5, 0.6) is 0 Å². The number of anilines is 2. The molecule has 0 unspecified atom stereocenters. The Morgan fingerprint density at radius 1 is 1.08 bits per heavy atom. The highest BCUT2D eigenvalue weighted by Crippen LogP contribution is 2.21. The van der Waals surface area contributed by atoms with Gasteiger partial charge >= 0.3 is 6.03 Å². The summed E-state index contributed by atoms with van der Waals surface area (Å²) in [7, 11) is 1.81. The molecule has 1 aromatic heterocycles. The number of nitrogens with zero attached hydrogens (tertiary/aromatic N) is 4. The first kappa shape index (κ1) is 27.0. The summed E-state index contributed by atoms with van der Waals surface area (Å²) in [6.07, 6.45) is 8.26. The normalized spacial score (nSPS) is 10.6. The number of carbonyl (C=O) groups excluding carboxylic acids is 2. The third kappa shape index (κ3) is 7.06. The number of imide groups is 1. The maximum absolute atomic E-state index is 15.0. The van der Waals surface area contributed by atoms with Crippen LogP contribution in [0.25, 0.3) is 0 Å². The lowest BCUT2D eigenvalue weighted by Crippen LogP contribution is -2.41. The van der Waals surface area contributed by atoms with E-state index in [-0.39, 0.29) is 17.1 Å². The summed E-state index contributed by atoms with van der Waals surface area (Å²) in [5, 5.41) is 8.82. The fraction of sp³-hybridized carbons (Fsp3) is 0.0667. The Labute approximate surface area is 230 Å². The number of amides is 3. The minimum atomic E-state index is -0.913. The van der Waals surface area contributed by atoms with Crippen molar-refractivity contribution in [3.05, 3.63) is 124 Å². The number of hydrogen-bond acceptors (Lipinski definition) is 5. The summed E-state index contributed by atoms with van der Waals surface area (Å²) in [6, 6.07) is 22.2. The van der Waals surface area contributed by atoms with Gasteiger partial charge in [-0.25, -0.2) is 19.1 Å². The maximum atomic E-state index is 15.0. The third-order valence-electron chi connectivity index (χ3n) is 5.51. The van der Waals surface area contributed by atoms with Crippen LogP contribution in [0.3, 0.4) is 0 Å². The van der Waals surface area contributed by atoms with E-state index in [2.05, 4.69) is 21.3 Å². The van der Waals surface area contributed by atoms with Gasteiger partial charge in [0.05, 0.1) is 18.4 Å². The standard InChI is InChI=1S/C30H23ClFN5O2/c1-3-21-13-15-28(33-18-21)37(29(38)24-10-7-11-25(31)17-24)30(39)35-27-14-12-23(16-26(27)32)19-34-36(2)20-22-8-5-4-6-9-22/h1,4-19H,20H2,2H3,(H,35,39). The molecular formula is C30H23ClFN5O2. The number of carbonyl (C=O) groups is 2. The number of terminal acetylenes is 1. The monoisotopic (exact) mass is 539 g/mol. The number of rotatable bonds is 7. The van der Waals surface area contributed by atoms with E-state index < -0.39 is 17.8 Å². The molecule has 9 heteroatoms. The first-order chi connectivity index (χ1) is 18.8. The van der Waals surface area contributed by atoms with Crippen LogP contribution in [0.1, 0.15) is 27.0 Å². The number of benzene rings is 3. The molecule has 0 radical (unpaired) electrons. The molecule has 7 nitrogen and oxygen atoms in total. The first-order valence-electron chi connectivity index (χ1n) is 11.8. The second-order valence-electron chi connectivity index (χ2n) is 8.42. The van der Waals surface area contributed by atoms with Crippen LogP contribution in [-0.4, -0.2) is 35.2 Å². The Bertz CT molecular complexity index is 1550. The zero-order valence-corrected chi connectivity index (χ0v) is 21.6. The number of hydrogen-bond donors (Lipinski definition) is 1. The Kier molecular flexibility index (Phi) is 8.67. The lowest BCUT2D eigenvalue weighted by Gasteiger charge is -2.21. The van der Waals surface area contributed by atoms with E-state index in [0.29, 0.717) is 22.7 Å². The number of hydrazone groups is 1. The van der Waals surface area contributed by atoms with Crippen LogP contribution in [0, 0.1) is 18.2 Å². The van der Waals surface area contributed by atoms with Crippen LogP contribution in [0.15, 0.2) is 96.2 Å². The van der Waals surface area contributed by atoms with Crippen molar-refractivity contribution >= 4 is 41.3 Å². The molecule has 3 aromatic carbocycles. The largest absolute Gasteiger partial charge is 0.334 e. The van der Waals surface area contributed by atoms with Crippen LogP contribution < -0.4 is 10.2 Å². The van der Waals surface area contributed by atoms with Crippen LogP contribution >= 0.6 is 11.6 Å². The van der Waals surface area contributed by atoms with E-state index in [4.69, 9.17) is 18.0 Å². The number of urea groups is 1. The summed E-state index contributed by atoms with van der Waals surface area (Å²) in [5.41, 5.74) is 2.06. The molecule has 0 spiro atoms. The van der Waals surface area contributed by atoms with Crippen LogP contribution in [0.2, 0.25) is 5.02 Å². The number of pyridine rings is 1. The van der Waals surface area contributed by atoms with Crippen molar-refractivity contribution in [2.45, 2.75) is 6.54 Å². The molecule has 4 aromatic rings. The van der Waals surface area contributed by atoms with Gasteiger partial charge in [0, 0.05) is 29.4 Å². The quantitative estimate of drug-likeness (QED) is 0.172. The molecule has 0 saturated heterocycles. The molecule has 1 N–H and O–H groups in total. The minimum absolute atomic E-state index is 0.00194. The van der Waals surface area contributed by atoms with Gasteiger partial charge < -0.3 is 5.32 Å². The van der Waals surface area contributed by atoms with Gasteiger partial charge in [0.25, 0.3) is 5.91 Å². The predicted molar refractivity (Wildman–Crippen MR) is 151 cm³/mol. The van der Waals surface area contributed by atoms with Crippen molar-refractivity contribution in [2.24, 2.45) is 5.10 Å². The molecule has 1 heterocycles. The van der Waals surface area contributed by atoms with Gasteiger partial charge in [-0.2, -0.15) is 5.10 Å². The van der Waals surface area contributed by atoms with Gasteiger partial charge in [0.2, 0.25) is 0 Å². The lowest BCUT2D eigenvalue weighted by molar-refractivity contribution is 0.0995. The summed E-state index contributed by atoms with van der Waals surface area (Å²) in [4.78, 5) is 31.5. The summed E-state index contributed by atoms with van der Waals surface area (Å²) >= 11 is 6.04. The average molecular weight is 540 g/mol. The number of halogens is 2. The Morgan fingerprint density at radius 2 is 1.87 bits per heavy atom. The molecule has 0 aliphatic carbocycles. The van der Waals surface area contributed by atoms with Crippen LogP contribution in [-0.2, 0) is 6.54 Å². The fourth-order valence-electron chi connectivity index (χ4n) is 3.59. The molecule has 0 saturated carbocycles. The molecule has 194 valence electrons. The van der Waals surface area contributed by atoms with Gasteiger partial charge in [-0.3, -0.25) is 9.80 Å². The summed E-state index contributed by atoms with van der Waals surface area (Å²) in [6.45, 7) is 0.584. The highest BCUT2D eigenvalue weighted by Gasteiger charge is 2.27. The molecule has 0 aliphatic heterocycles. The Morgan fingerprint density at radius 3 is 2.54 bits per heavy atom. The van der Waals surface area contributed by atoms with Crippen molar-refractivity contribution in [2.75, 3.05) is 17.3 Å². The molecule has 4 rings (SSSR count). The second-order valence-corrected chi connectivity index (χ2v) is 8.85. The van der Waals surface area contributed by atoms with E-state index in [1.807, 2.05) is 37.4 Å². The average Bonchev–Trinajstić information content (AvgIpc) is 2.94. The van der Waals surface area contributed by atoms with Gasteiger partial charge in [-0.1, -0.05) is 60.0 Å². The van der Waals surface area contributed by atoms with Crippen molar-refractivity contribution in [1.82, 2.24) is 9.99 Å². The van der Waals surface area contributed by atoms with E-state index in [1.165, 1.54) is 48.8 Å². The van der Waals surface area contributed by atoms with Crippen molar-refractivity contribution in [3.8, 4) is 12.3 Å². The van der Waals surface area contributed by atoms with Gasteiger partial charge in [-0.15, -0.1) is 6.42 Å². The Balaban J connectivity index is 1.53. The van der Waals surface area contributed by atoms with E-state index in [9.17, 15) is 14.0 Å². The zero-order valence-electron chi connectivity index (χ0n) is 20.9. The molecular weight excluding hydrogens is 517 g/mol. The summed E-state index contributed by atoms with van der Waals surface area (Å²) < 4.78 is 15.0. The molecule has 0 aliphatic rings. The smallest absolute Gasteiger partial charge is 0.304 e. The second kappa shape index (κ2) is 12.5. The maximum Gasteiger partial charge on any atom is 0.334 e. The third-order valence-corrected chi connectivity index (χ3v) is 5.75. The zero-order chi connectivity index (χ0) is 27.8. The van der Waals surface area contributed by atoms with Crippen molar-refractivity contribution in [1.29, 1.82) is 0 Å². The number of nitrogens with one attached hydrogen (secondary N) is 1. The molecule has 0 fully saturated rings. The van der Waals surface area contributed by atoms with E-state index in [0.717, 1.165) is 10.5 Å². The van der Waals surface area contributed by atoms with Gasteiger partial charge in [0.15, 0.2) is 0 Å².